The molecule has 108 valence electrons. The van der Waals surface area contributed by atoms with Gasteiger partial charge in [-0.3, -0.25) is 9.36 Å². The van der Waals surface area contributed by atoms with Gasteiger partial charge in [0, 0.05) is 6.20 Å². The first-order valence-corrected chi connectivity index (χ1v) is 6.66. The predicted octanol–water partition coefficient (Wildman–Crippen LogP) is 2.05. The molecule has 6 heteroatoms. The van der Waals surface area contributed by atoms with Gasteiger partial charge in [0.05, 0.1) is 16.7 Å². The van der Waals surface area contributed by atoms with Crippen LogP contribution in [0.1, 0.15) is 0 Å². The molecule has 0 unspecified atom stereocenters. The summed E-state index contributed by atoms with van der Waals surface area (Å²) >= 11 is 0. The Balaban J connectivity index is 2.18. The van der Waals surface area contributed by atoms with Crippen LogP contribution in [-0.4, -0.2) is 14.1 Å². The van der Waals surface area contributed by atoms with Crippen LogP contribution in [0.25, 0.3) is 22.4 Å². The van der Waals surface area contributed by atoms with E-state index in [1.165, 1.54) is 29.0 Å². The molecule has 22 heavy (non-hydrogen) atoms. The van der Waals surface area contributed by atoms with Crippen molar-refractivity contribution in [2.75, 3.05) is 0 Å². The highest BCUT2D eigenvalue weighted by Gasteiger charge is 2.20. The number of aromatic amines is 1. The van der Waals surface area contributed by atoms with Crippen molar-refractivity contribution in [1.82, 2.24) is 14.1 Å². The molecule has 0 saturated heterocycles. The summed E-state index contributed by atoms with van der Waals surface area (Å²) in [6.07, 6.45) is 1.49. The Morgan fingerprint density at radius 2 is 1.77 bits per heavy atom. The maximum atomic E-state index is 13.4. The number of rotatable bonds is 1. The van der Waals surface area contributed by atoms with E-state index in [0.717, 1.165) is 16.2 Å². The Morgan fingerprint density at radius 3 is 2.59 bits per heavy atom. The van der Waals surface area contributed by atoms with E-state index in [0.29, 0.717) is 5.52 Å². The van der Waals surface area contributed by atoms with Crippen LogP contribution in [0.3, 0.4) is 0 Å². The monoisotopic (exact) mass is 295 g/mol. The summed E-state index contributed by atoms with van der Waals surface area (Å²) in [5.74, 6) is -0.504. The predicted molar refractivity (Wildman–Crippen MR) is 80.6 cm³/mol. The van der Waals surface area contributed by atoms with Gasteiger partial charge in [0.1, 0.15) is 11.5 Å². The van der Waals surface area contributed by atoms with Crippen LogP contribution in [0.5, 0.6) is 0 Å². The molecule has 0 aliphatic carbocycles. The first kappa shape index (κ1) is 12.6. The molecule has 2 aromatic carbocycles. The number of aromatic nitrogens is 3. The van der Waals surface area contributed by atoms with Crippen molar-refractivity contribution in [2.24, 2.45) is 0 Å². The third kappa shape index (κ3) is 1.64. The number of halogens is 1. The van der Waals surface area contributed by atoms with Crippen LogP contribution in [-0.2, 0) is 0 Å². The van der Waals surface area contributed by atoms with E-state index in [2.05, 4.69) is 4.98 Å². The first-order chi connectivity index (χ1) is 10.7. The molecule has 4 rings (SSSR count). The molecule has 0 amide bonds. The Labute approximate surface area is 123 Å². The summed E-state index contributed by atoms with van der Waals surface area (Å²) in [5.41, 5.74) is 0.745. The minimum atomic E-state index is -0.518. The number of fused-ring (bicyclic) bond motifs is 3. The van der Waals surface area contributed by atoms with Crippen LogP contribution in [0, 0.1) is 5.82 Å². The molecule has 0 aromatic heterocycles. The molecule has 0 spiro atoms. The molecule has 2 aliphatic rings. The minimum absolute atomic E-state index is 0.211. The minimum Gasteiger partial charge on any atom is -0.358 e. The van der Waals surface area contributed by atoms with Gasteiger partial charge in [0.15, 0.2) is 0 Å². The standard InChI is InChI=1S/C16H10FN3O2/c17-10-4-3-5-11(8-10)19-15(21)14-9-18-12-6-1-2-7-13(12)20(14)16(19)22/h1-9,18H. The molecule has 0 atom stereocenters. The second kappa shape index (κ2) is 4.42. The van der Waals surface area contributed by atoms with E-state index in [1.807, 2.05) is 12.1 Å². The van der Waals surface area contributed by atoms with E-state index < -0.39 is 17.1 Å². The quantitative estimate of drug-likeness (QED) is 0.584. The molecular weight excluding hydrogens is 285 g/mol. The fourth-order valence-corrected chi connectivity index (χ4v) is 2.64. The number of nitrogens with one attached hydrogen (secondary N) is 1. The van der Waals surface area contributed by atoms with E-state index in [9.17, 15) is 14.0 Å². The van der Waals surface area contributed by atoms with Crippen molar-refractivity contribution in [3.8, 4) is 11.4 Å². The molecule has 0 radical (unpaired) electrons. The highest BCUT2D eigenvalue weighted by atomic mass is 19.1. The van der Waals surface area contributed by atoms with Gasteiger partial charge < -0.3 is 4.98 Å². The Morgan fingerprint density at radius 1 is 0.955 bits per heavy atom. The second-order valence-corrected chi connectivity index (χ2v) is 4.93. The van der Waals surface area contributed by atoms with Gasteiger partial charge in [-0.15, -0.1) is 0 Å². The van der Waals surface area contributed by atoms with E-state index in [-0.39, 0.29) is 11.4 Å². The van der Waals surface area contributed by atoms with Gasteiger partial charge >= 0.3 is 5.69 Å². The molecule has 2 aromatic rings. The lowest BCUT2D eigenvalue weighted by atomic mass is 10.3. The Kier molecular flexibility index (Phi) is 2.53. The van der Waals surface area contributed by atoms with Gasteiger partial charge in [0.25, 0.3) is 5.56 Å². The zero-order valence-corrected chi connectivity index (χ0v) is 11.3. The number of para-hydroxylation sites is 2. The number of hydrogen-bond donors (Lipinski definition) is 1. The lowest BCUT2D eigenvalue weighted by Crippen LogP contribution is -2.25. The lowest BCUT2D eigenvalue weighted by Gasteiger charge is -2.05. The number of imidazole rings is 1. The molecule has 5 nitrogen and oxygen atoms in total. The summed E-state index contributed by atoms with van der Waals surface area (Å²) in [5, 5.41) is 0. The Hall–Kier alpha value is -3.15. The molecular formula is C16H10FN3O2. The van der Waals surface area contributed by atoms with Crippen molar-refractivity contribution >= 4 is 11.0 Å². The molecule has 0 saturated carbocycles. The summed E-state index contributed by atoms with van der Waals surface area (Å²) in [4.78, 5) is 28.2. The highest BCUT2D eigenvalue weighted by Crippen LogP contribution is 2.15. The Bertz CT molecular complexity index is 1090. The van der Waals surface area contributed by atoms with Crippen molar-refractivity contribution in [2.45, 2.75) is 0 Å². The zero-order valence-electron chi connectivity index (χ0n) is 11.3. The molecule has 0 fully saturated rings. The van der Waals surface area contributed by atoms with Gasteiger partial charge in [-0.05, 0) is 30.3 Å². The number of nitrogens with zero attached hydrogens (tertiary/aromatic N) is 2. The molecule has 2 aliphatic heterocycles. The maximum absolute atomic E-state index is 13.4. The maximum Gasteiger partial charge on any atom is 0.341 e. The topological polar surface area (TPSA) is 59.8 Å². The summed E-state index contributed by atoms with van der Waals surface area (Å²) in [7, 11) is 0. The third-order valence-corrected chi connectivity index (χ3v) is 3.62. The highest BCUT2D eigenvalue weighted by molar-refractivity contribution is 5.77. The fourth-order valence-electron chi connectivity index (χ4n) is 2.64. The van der Waals surface area contributed by atoms with Crippen molar-refractivity contribution in [1.29, 1.82) is 0 Å². The van der Waals surface area contributed by atoms with E-state index in [1.54, 1.807) is 12.1 Å². The SMILES string of the molecule is O=c1c2c[nH]c3ccccc3n-2c(=O)n1-c1cccc(F)c1. The molecule has 0 bridgehead atoms. The van der Waals surface area contributed by atoms with Crippen molar-refractivity contribution in [3.05, 3.63) is 81.4 Å². The third-order valence-electron chi connectivity index (χ3n) is 3.62. The lowest BCUT2D eigenvalue weighted by molar-refractivity contribution is 0.626. The number of H-pyrrole nitrogens is 1. The van der Waals surface area contributed by atoms with Gasteiger partial charge in [-0.1, -0.05) is 18.2 Å². The molecule has 2 heterocycles. The van der Waals surface area contributed by atoms with Gasteiger partial charge in [0.2, 0.25) is 0 Å². The number of benzene rings is 2. The fraction of sp³-hybridized carbons (Fsp3) is 0. The van der Waals surface area contributed by atoms with E-state index in [4.69, 9.17) is 0 Å². The van der Waals surface area contributed by atoms with Gasteiger partial charge in [-0.25, -0.2) is 13.8 Å². The van der Waals surface area contributed by atoms with Gasteiger partial charge in [-0.2, -0.15) is 0 Å². The van der Waals surface area contributed by atoms with Crippen molar-refractivity contribution in [3.63, 3.8) is 0 Å². The smallest absolute Gasteiger partial charge is 0.341 e. The van der Waals surface area contributed by atoms with Crippen LogP contribution in [0.4, 0.5) is 4.39 Å². The average molecular weight is 295 g/mol. The van der Waals surface area contributed by atoms with E-state index >= 15 is 0 Å². The van der Waals surface area contributed by atoms with Crippen LogP contribution < -0.4 is 11.2 Å². The largest absolute Gasteiger partial charge is 0.358 e. The average Bonchev–Trinajstić information content (AvgIpc) is 2.79. The summed E-state index contributed by atoms with van der Waals surface area (Å²) < 4.78 is 15.7. The van der Waals surface area contributed by atoms with Crippen LogP contribution in [0.15, 0.2) is 64.3 Å². The van der Waals surface area contributed by atoms with Crippen molar-refractivity contribution < 1.29 is 4.39 Å². The van der Waals surface area contributed by atoms with Crippen LogP contribution >= 0.6 is 0 Å². The summed E-state index contributed by atoms with van der Waals surface area (Å²) in [6.45, 7) is 0. The molecule has 1 N–H and O–H groups in total. The van der Waals surface area contributed by atoms with Crippen LogP contribution in [0.2, 0.25) is 0 Å². The normalized spacial score (nSPS) is 11.3. The first-order valence-electron chi connectivity index (χ1n) is 6.66. The second-order valence-electron chi connectivity index (χ2n) is 4.93. The zero-order chi connectivity index (χ0) is 15.3. The summed E-state index contributed by atoms with van der Waals surface area (Å²) in [6, 6.07) is 12.6. The number of hydrogen-bond acceptors (Lipinski definition) is 2.